The minimum Gasteiger partial charge on any atom is -0.481 e. The van der Waals surface area contributed by atoms with Gasteiger partial charge in [-0.2, -0.15) is 13.2 Å². The van der Waals surface area contributed by atoms with E-state index in [1.807, 2.05) is 0 Å². The van der Waals surface area contributed by atoms with Gasteiger partial charge in [0.25, 0.3) is 0 Å². The summed E-state index contributed by atoms with van der Waals surface area (Å²) >= 11 is 0. The number of rotatable bonds is 5. The molecule has 2 rings (SSSR count). The van der Waals surface area contributed by atoms with Gasteiger partial charge in [0.15, 0.2) is 0 Å². The zero-order chi connectivity index (χ0) is 14.1. The molecule has 0 radical (unpaired) electrons. The topological polar surface area (TPSA) is 40.5 Å². The lowest BCUT2D eigenvalue weighted by Crippen LogP contribution is -2.48. The van der Waals surface area contributed by atoms with Gasteiger partial charge in [-0.05, 0) is 25.7 Å². The summed E-state index contributed by atoms with van der Waals surface area (Å²) in [4.78, 5) is 12.9. The number of nitrogens with zero attached hydrogens (tertiary/aromatic N) is 1. The van der Waals surface area contributed by atoms with Gasteiger partial charge in [-0.25, -0.2) is 0 Å². The maximum atomic E-state index is 12.6. The van der Waals surface area contributed by atoms with Crippen LogP contribution in [0.2, 0.25) is 0 Å². The number of halogens is 3. The van der Waals surface area contributed by atoms with E-state index in [-0.39, 0.29) is 12.6 Å². The first-order valence-electron chi connectivity index (χ1n) is 6.87. The molecule has 2 fully saturated rings. The molecule has 0 aliphatic heterocycles. The number of carbonyl (C=O) groups is 1. The Bertz CT molecular complexity index is 333. The zero-order valence-electron chi connectivity index (χ0n) is 10.9. The number of carboxylic acid groups (broad SMARTS) is 1. The highest BCUT2D eigenvalue weighted by Crippen LogP contribution is 2.40. The van der Waals surface area contributed by atoms with Crippen LogP contribution in [0.15, 0.2) is 0 Å². The average Bonchev–Trinajstić information content (AvgIpc) is 3.11. The number of aliphatic carboxylic acids is 1. The summed E-state index contributed by atoms with van der Waals surface area (Å²) in [5, 5.41) is 9.43. The summed E-state index contributed by atoms with van der Waals surface area (Å²) in [5.74, 6) is -0.931. The fraction of sp³-hybridized carbons (Fsp3) is 0.923. The van der Waals surface area contributed by atoms with Crippen molar-refractivity contribution in [3.8, 4) is 0 Å². The molecule has 0 aromatic carbocycles. The minimum atomic E-state index is -4.25. The quantitative estimate of drug-likeness (QED) is 0.841. The van der Waals surface area contributed by atoms with Crippen LogP contribution >= 0.6 is 0 Å². The fourth-order valence-electron chi connectivity index (χ4n) is 3.04. The van der Waals surface area contributed by atoms with Crippen LogP contribution in [-0.4, -0.2) is 41.3 Å². The molecular formula is C13H20F3NO2. The van der Waals surface area contributed by atoms with Crippen molar-refractivity contribution in [3.63, 3.8) is 0 Å². The Morgan fingerprint density at radius 2 is 1.79 bits per heavy atom. The molecule has 110 valence electrons. The fourth-order valence-corrected chi connectivity index (χ4v) is 3.04. The van der Waals surface area contributed by atoms with Gasteiger partial charge >= 0.3 is 12.1 Å². The van der Waals surface area contributed by atoms with Crippen molar-refractivity contribution in [1.82, 2.24) is 4.90 Å². The molecule has 0 unspecified atom stereocenters. The van der Waals surface area contributed by atoms with Gasteiger partial charge < -0.3 is 5.11 Å². The first-order valence-corrected chi connectivity index (χ1v) is 6.87. The second-order valence-electron chi connectivity index (χ2n) is 5.90. The molecule has 2 aliphatic rings. The van der Waals surface area contributed by atoms with Gasteiger partial charge in [0, 0.05) is 12.6 Å². The number of hydrogen-bond acceptors (Lipinski definition) is 2. The number of alkyl halides is 3. The third-order valence-corrected chi connectivity index (χ3v) is 4.22. The van der Waals surface area contributed by atoms with E-state index in [0.717, 1.165) is 32.1 Å². The number of carboxylic acids is 1. The Morgan fingerprint density at radius 1 is 1.21 bits per heavy atom. The predicted molar refractivity (Wildman–Crippen MR) is 63.8 cm³/mol. The second kappa shape index (κ2) is 5.31. The van der Waals surface area contributed by atoms with Gasteiger partial charge in [0.05, 0.1) is 12.0 Å². The molecule has 19 heavy (non-hydrogen) atoms. The Kier molecular flexibility index (Phi) is 4.08. The first kappa shape index (κ1) is 14.6. The zero-order valence-corrected chi connectivity index (χ0v) is 10.9. The highest BCUT2D eigenvalue weighted by Gasteiger charge is 2.46. The molecule has 0 saturated heterocycles. The van der Waals surface area contributed by atoms with Crippen LogP contribution in [-0.2, 0) is 4.79 Å². The molecule has 1 N–H and O–H groups in total. The summed E-state index contributed by atoms with van der Waals surface area (Å²) in [5.41, 5.74) is -0.966. The molecule has 3 nitrogen and oxygen atoms in total. The Balaban J connectivity index is 2.07. The van der Waals surface area contributed by atoms with Gasteiger partial charge in [0.1, 0.15) is 0 Å². The highest BCUT2D eigenvalue weighted by molar-refractivity contribution is 5.75. The molecule has 0 amide bonds. The van der Waals surface area contributed by atoms with E-state index in [1.165, 1.54) is 4.90 Å². The molecule has 0 bridgehead atoms. The highest BCUT2D eigenvalue weighted by atomic mass is 19.4. The summed E-state index contributed by atoms with van der Waals surface area (Å²) in [7, 11) is 0. The monoisotopic (exact) mass is 279 g/mol. The van der Waals surface area contributed by atoms with Gasteiger partial charge in [0.2, 0.25) is 0 Å². The van der Waals surface area contributed by atoms with Crippen molar-refractivity contribution < 1.29 is 23.1 Å². The Hall–Kier alpha value is -0.780. The van der Waals surface area contributed by atoms with Crippen LogP contribution in [0.5, 0.6) is 0 Å². The summed E-state index contributed by atoms with van der Waals surface area (Å²) in [6.07, 6.45) is 0.854. The summed E-state index contributed by atoms with van der Waals surface area (Å²) in [6.45, 7) is -0.931. The third-order valence-electron chi connectivity index (χ3n) is 4.22. The van der Waals surface area contributed by atoms with Crippen LogP contribution in [0.25, 0.3) is 0 Å². The minimum absolute atomic E-state index is 0.0481. The predicted octanol–water partition coefficient (Wildman–Crippen LogP) is 3.05. The second-order valence-corrected chi connectivity index (χ2v) is 5.90. The average molecular weight is 279 g/mol. The maximum absolute atomic E-state index is 12.6. The van der Waals surface area contributed by atoms with E-state index in [0.29, 0.717) is 12.8 Å². The van der Waals surface area contributed by atoms with Crippen molar-refractivity contribution in [2.24, 2.45) is 5.41 Å². The molecule has 0 aromatic rings. The lowest BCUT2D eigenvalue weighted by atomic mass is 9.73. The Morgan fingerprint density at radius 3 is 2.21 bits per heavy atom. The summed E-state index contributed by atoms with van der Waals surface area (Å²) < 4.78 is 37.8. The largest absolute Gasteiger partial charge is 0.481 e. The van der Waals surface area contributed by atoms with Crippen molar-refractivity contribution in [2.75, 3.05) is 13.1 Å². The molecule has 6 heteroatoms. The smallest absolute Gasteiger partial charge is 0.401 e. The number of hydrogen-bond donors (Lipinski definition) is 1. The van der Waals surface area contributed by atoms with E-state index in [2.05, 4.69) is 0 Å². The summed E-state index contributed by atoms with van der Waals surface area (Å²) in [6, 6.07) is -0.0697. The van der Waals surface area contributed by atoms with E-state index in [1.54, 1.807) is 0 Å². The van der Waals surface area contributed by atoms with Crippen molar-refractivity contribution in [3.05, 3.63) is 0 Å². The van der Waals surface area contributed by atoms with Gasteiger partial charge in [-0.3, -0.25) is 9.69 Å². The molecule has 0 spiro atoms. The lowest BCUT2D eigenvalue weighted by molar-refractivity contribution is -0.163. The molecule has 0 atom stereocenters. The van der Waals surface area contributed by atoms with Crippen LogP contribution in [0, 0.1) is 5.41 Å². The van der Waals surface area contributed by atoms with E-state index in [9.17, 15) is 23.1 Å². The van der Waals surface area contributed by atoms with Crippen molar-refractivity contribution >= 4 is 5.97 Å². The normalized spacial score (nSPS) is 23.6. The van der Waals surface area contributed by atoms with Crippen LogP contribution < -0.4 is 0 Å². The van der Waals surface area contributed by atoms with Crippen molar-refractivity contribution in [1.29, 1.82) is 0 Å². The molecular weight excluding hydrogens is 259 g/mol. The van der Waals surface area contributed by atoms with Crippen LogP contribution in [0.3, 0.4) is 0 Å². The molecule has 2 aliphatic carbocycles. The molecule has 0 heterocycles. The first-order chi connectivity index (χ1) is 8.82. The SMILES string of the molecule is O=C(O)C1(CN(CC(F)(F)F)C2CC2)CCCCC1. The Labute approximate surface area is 110 Å². The molecule has 0 aromatic heterocycles. The van der Waals surface area contributed by atoms with Gasteiger partial charge in [-0.1, -0.05) is 19.3 Å². The van der Waals surface area contributed by atoms with Crippen LogP contribution in [0.1, 0.15) is 44.9 Å². The van der Waals surface area contributed by atoms with E-state index < -0.39 is 24.1 Å². The van der Waals surface area contributed by atoms with E-state index in [4.69, 9.17) is 0 Å². The van der Waals surface area contributed by atoms with Crippen molar-refractivity contribution in [2.45, 2.75) is 57.2 Å². The lowest BCUT2D eigenvalue weighted by Gasteiger charge is -2.38. The van der Waals surface area contributed by atoms with Crippen LogP contribution in [0.4, 0.5) is 13.2 Å². The maximum Gasteiger partial charge on any atom is 0.401 e. The third kappa shape index (κ3) is 3.84. The van der Waals surface area contributed by atoms with E-state index >= 15 is 0 Å². The molecule has 2 saturated carbocycles. The van der Waals surface area contributed by atoms with Gasteiger partial charge in [-0.15, -0.1) is 0 Å². The standard InChI is InChI=1S/C13H20F3NO2/c14-13(15,16)9-17(10-4-5-10)8-12(11(18)19)6-2-1-3-7-12/h10H,1-9H2,(H,18,19).